The number of fused-ring (bicyclic) bond motifs is 2. The van der Waals surface area contributed by atoms with E-state index in [1.165, 1.54) is 0 Å². The van der Waals surface area contributed by atoms with Gasteiger partial charge in [0.25, 0.3) is 5.91 Å². The lowest BCUT2D eigenvalue weighted by Crippen LogP contribution is -2.41. The van der Waals surface area contributed by atoms with E-state index in [-0.39, 0.29) is 31.0 Å². The van der Waals surface area contributed by atoms with Crippen LogP contribution in [0.25, 0.3) is 10.9 Å². The number of benzene rings is 4. The van der Waals surface area contributed by atoms with Crippen molar-refractivity contribution < 1.29 is 23.8 Å². The van der Waals surface area contributed by atoms with Crippen LogP contribution in [0.5, 0.6) is 11.5 Å². The molecule has 4 aromatic carbocycles. The number of hydrogen-bond donors (Lipinski definition) is 0. The van der Waals surface area contributed by atoms with Gasteiger partial charge < -0.3 is 19.1 Å². The third-order valence-corrected chi connectivity index (χ3v) is 8.23. The lowest BCUT2D eigenvalue weighted by molar-refractivity contribution is -0.144. The van der Waals surface area contributed by atoms with E-state index >= 15 is 0 Å². The minimum absolute atomic E-state index is 0.0765. The summed E-state index contributed by atoms with van der Waals surface area (Å²) in [6, 6.07) is 29.1. The van der Waals surface area contributed by atoms with Crippen molar-refractivity contribution >= 4 is 28.5 Å². The fraction of sp³-hybridized carbons (Fsp3) is 0.243. The molecule has 0 unspecified atom stereocenters. The molecule has 1 aliphatic heterocycles. The SMILES string of the molecule is Cc1cc(C(=O)n2c(C)c(CC(=O)OCc3ccccc3)c3ccccc32)c(C)cc1OC[C@@H]1CN(C)c2ccccc2O1. The topological polar surface area (TPSA) is 70.0 Å². The molecular formula is C37H36N2O5. The predicted octanol–water partition coefficient (Wildman–Crippen LogP) is 6.82. The molecule has 1 aliphatic rings. The van der Waals surface area contributed by atoms with Gasteiger partial charge in [0.05, 0.1) is 24.2 Å². The zero-order chi connectivity index (χ0) is 30.8. The number of hydrogen-bond acceptors (Lipinski definition) is 6. The average Bonchev–Trinajstić information content (AvgIpc) is 3.31. The summed E-state index contributed by atoms with van der Waals surface area (Å²) in [6.07, 6.45) is -0.0460. The highest BCUT2D eigenvalue weighted by Crippen LogP contribution is 2.33. The number of anilines is 1. The maximum atomic E-state index is 14.1. The van der Waals surface area contributed by atoms with Crippen molar-refractivity contribution in [2.45, 2.75) is 39.9 Å². The molecule has 0 saturated carbocycles. The molecule has 1 aromatic heterocycles. The quantitative estimate of drug-likeness (QED) is 0.185. The van der Waals surface area contributed by atoms with Gasteiger partial charge in [-0.05, 0) is 73.4 Å². The molecular weight excluding hydrogens is 552 g/mol. The first-order valence-corrected chi connectivity index (χ1v) is 14.8. The molecule has 6 rings (SSSR count). The number of esters is 1. The second kappa shape index (κ2) is 12.3. The van der Waals surface area contributed by atoms with Gasteiger partial charge in [-0.1, -0.05) is 60.7 Å². The maximum Gasteiger partial charge on any atom is 0.310 e. The van der Waals surface area contributed by atoms with E-state index in [0.717, 1.165) is 56.0 Å². The molecule has 7 nitrogen and oxygen atoms in total. The van der Waals surface area contributed by atoms with Crippen LogP contribution >= 0.6 is 0 Å². The van der Waals surface area contributed by atoms with Crippen molar-refractivity contribution in [3.8, 4) is 11.5 Å². The Morgan fingerprint density at radius 3 is 2.43 bits per heavy atom. The first-order valence-electron chi connectivity index (χ1n) is 14.8. The van der Waals surface area contributed by atoms with Gasteiger partial charge in [-0.3, -0.25) is 14.2 Å². The molecule has 0 N–H and O–H groups in total. The molecule has 224 valence electrons. The van der Waals surface area contributed by atoms with E-state index in [9.17, 15) is 9.59 Å². The summed E-state index contributed by atoms with van der Waals surface area (Å²) in [5.74, 6) is 1.09. The first-order chi connectivity index (χ1) is 21.3. The number of aromatic nitrogens is 1. The van der Waals surface area contributed by atoms with E-state index in [2.05, 4.69) is 11.9 Å². The molecule has 0 bridgehead atoms. The molecule has 0 spiro atoms. The number of likely N-dealkylation sites (N-methyl/N-ethyl adjacent to an activating group) is 1. The number of ether oxygens (including phenoxy) is 3. The third kappa shape index (κ3) is 5.78. The Labute approximate surface area is 257 Å². The molecule has 0 amide bonds. The van der Waals surface area contributed by atoms with Crippen LogP contribution in [0, 0.1) is 20.8 Å². The lowest BCUT2D eigenvalue weighted by atomic mass is 10.0. The van der Waals surface area contributed by atoms with E-state index in [1.54, 1.807) is 4.57 Å². The van der Waals surface area contributed by atoms with E-state index in [0.29, 0.717) is 18.7 Å². The van der Waals surface area contributed by atoms with Crippen molar-refractivity contribution in [3.63, 3.8) is 0 Å². The minimum Gasteiger partial charge on any atom is -0.489 e. The summed E-state index contributed by atoms with van der Waals surface area (Å²) >= 11 is 0. The normalized spacial score (nSPS) is 14.2. The van der Waals surface area contributed by atoms with Gasteiger partial charge in [-0.25, -0.2) is 0 Å². The molecule has 2 heterocycles. The molecule has 0 fully saturated rings. The average molecular weight is 589 g/mol. The van der Waals surface area contributed by atoms with Gasteiger partial charge >= 0.3 is 5.97 Å². The number of rotatable bonds is 8. The van der Waals surface area contributed by atoms with Crippen LogP contribution < -0.4 is 14.4 Å². The van der Waals surface area contributed by atoms with Crippen LogP contribution in [0.1, 0.15) is 38.3 Å². The van der Waals surface area contributed by atoms with Gasteiger partial charge in [0.15, 0.2) is 0 Å². The van der Waals surface area contributed by atoms with Crippen LogP contribution in [-0.4, -0.2) is 42.7 Å². The lowest BCUT2D eigenvalue weighted by Gasteiger charge is -2.33. The van der Waals surface area contributed by atoms with Gasteiger partial charge in [0.1, 0.15) is 30.8 Å². The Morgan fingerprint density at radius 1 is 0.886 bits per heavy atom. The fourth-order valence-corrected chi connectivity index (χ4v) is 5.91. The first kappa shape index (κ1) is 29.1. The highest BCUT2D eigenvalue weighted by Gasteiger charge is 2.26. The summed E-state index contributed by atoms with van der Waals surface area (Å²) in [7, 11) is 2.05. The fourth-order valence-electron chi connectivity index (χ4n) is 5.91. The summed E-state index contributed by atoms with van der Waals surface area (Å²) in [4.78, 5) is 29.2. The van der Waals surface area contributed by atoms with Crippen LogP contribution in [0.15, 0.2) is 91.0 Å². The molecule has 5 aromatic rings. The Bertz CT molecular complexity index is 1840. The van der Waals surface area contributed by atoms with E-state index in [1.807, 2.05) is 112 Å². The molecule has 1 atom stereocenters. The Morgan fingerprint density at radius 2 is 1.61 bits per heavy atom. The van der Waals surface area contributed by atoms with Gasteiger partial charge in [-0.15, -0.1) is 0 Å². The predicted molar refractivity (Wildman–Crippen MR) is 172 cm³/mol. The summed E-state index contributed by atoms with van der Waals surface area (Å²) < 4.78 is 19.7. The Kier molecular flexibility index (Phi) is 8.11. The van der Waals surface area contributed by atoms with Crippen molar-refractivity contribution in [3.05, 3.63) is 125 Å². The highest BCUT2D eigenvalue weighted by atomic mass is 16.5. The number of carbonyl (C=O) groups excluding carboxylic acids is 2. The molecule has 44 heavy (non-hydrogen) atoms. The van der Waals surface area contributed by atoms with E-state index < -0.39 is 0 Å². The van der Waals surface area contributed by atoms with Gasteiger partial charge in [0, 0.05) is 23.7 Å². The largest absolute Gasteiger partial charge is 0.489 e. The number of carbonyl (C=O) groups is 2. The van der Waals surface area contributed by atoms with Crippen molar-refractivity contribution in [1.29, 1.82) is 0 Å². The highest BCUT2D eigenvalue weighted by molar-refractivity contribution is 6.05. The second-order valence-electron chi connectivity index (χ2n) is 11.4. The van der Waals surface area contributed by atoms with Crippen LogP contribution in [0.2, 0.25) is 0 Å². The summed E-state index contributed by atoms with van der Waals surface area (Å²) in [5, 5.41) is 0.864. The van der Waals surface area contributed by atoms with Crippen LogP contribution in [0.3, 0.4) is 0 Å². The zero-order valence-corrected chi connectivity index (χ0v) is 25.5. The van der Waals surface area contributed by atoms with Crippen molar-refractivity contribution in [2.75, 3.05) is 25.1 Å². The van der Waals surface area contributed by atoms with Crippen LogP contribution in [-0.2, 0) is 22.6 Å². The Balaban J connectivity index is 1.21. The minimum atomic E-state index is -0.336. The summed E-state index contributed by atoms with van der Waals surface area (Å²) in [5.41, 5.74) is 6.53. The van der Waals surface area contributed by atoms with Crippen molar-refractivity contribution in [2.24, 2.45) is 0 Å². The van der Waals surface area contributed by atoms with Crippen molar-refractivity contribution in [1.82, 2.24) is 4.57 Å². The summed E-state index contributed by atoms with van der Waals surface area (Å²) in [6.45, 7) is 7.06. The molecule has 0 saturated heterocycles. The molecule has 7 heteroatoms. The number of para-hydroxylation sites is 3. The smallest absolute Gasteiger partial charge is 0.310 e. The van der Waals surface area contributed by atoms with Gasteiger partial charge in [0.2, 0.25) is 0 Å². The molecule has 0 aliphatic carbocycles. The van der Waals surface area contributed by atoms with E-state index in [4.69, 9.17) is 14.2 Å². The monoisotopic (exact) mass is 588 g/mol. The van der Waals surface area contributed by atoms with Gasteiger partial charge in [-0.2, -0.15) is 0 Å². The zero-order valence-electron chi connectivity index (χ0n) is 25.5. The second-order valence-corrected chi connectivity index (χ2v) is 11.4. The number of aryl methyl sites for hydroxylation is 2. The Hall–Kier alpha value is -5.04. The molecule has 0 radical (unpaired) electrons. The maximum absolute atomic E-state index is 14.1. The third-order valence-electron chi connectivity index (χ3n) is 8.23. The number of nitrogens with zero attached hydrogens (tertiary/aromatic N) is 2. The standard InChI is InChI=1S/C37H36N2O5/c1-24-19-35(42-23-28-21-38(4)33-16-10-11-17-34(33)44-28)25(2)18-30(24)37(41)39-26(3)31(29-14-8-9-15-32(29)39)20-36(40)43-22-27-12-6-5-7-13-27/h5-19,28H,20-23H2,1-4H3/t28-/m0/s1. The van der Waals surface area contributed by atoms with Crippen LogP contribution in [0.4, 0.5) is 5.69 Å².